The van der Waals surface area contributed by atoms with Crippen LogP contribution < -0.4 is 14.6 Å². The molecular formula is C10H11O5-. The van der Waals surface area contributed by atoms with Crippen molar-refractivity contribution < 1.29 is 24.5 Å². The van der Waals surface area contributed by atoms with Gasteiger partial charge in [-0.05, 0) is 12.1 Å². The third kappa shape index (κ3) is 3.14. The minimum Gasteiger partial charge on any atom is -0.546 e. The molecule has 0 saturated heterocycles. The van der Waals surface area contributed by atoms with Gasteiger partial charge in [-0.3, -0.25) is 0 Å². The molecular weight excluding hydrogens is 200 g/mol. The summed E-state index contributed by atoms with van der Waals surface area (Å²) in [6, 6.07) is 4.66. The number of hydrogen-bond acceptors (Lipinski definition) is 5. The lowest BCUT2D eigenvalue weighted by Crippen LogP contribution is -2.28. The predicted molar refractivity (Wildman–Crippen MR) is 49.4 cm³/mol. The number of benzene rings is 1. The summed E-state index contributed by atoms with van der Waals surface area (Å²) in [5.41, 5.74) is 0.610. The molecule has 5 heteroatoms. The first-order chi connectivity index (χ1) is 7.17. The molecule has 0 aromatic heterocycles. The molecule has 1 N–H and O–H groups in total. The quantitative estimate of drug-likeness (QED) is 0.697. The van der Waals surface area contributed by atoms with Gasteiger partial charge < -0.3 is 24.5 Å². The molecule has 0 aliphatic carbocycles. The third-order valence-corrected chi connectivity index (χ3v) is 1.79. The first-order valence-electron chi connectivity index (χ1n) is 4.27. The number of carboxylic acid groups (broad SMARTS) is 1. The van der Waals surface area contributed by atoms with Crippen LogP contribution in [-0.4, -0.2) is 24.8 Å². The van der Waals surface area contributed by atoms with E-state index in [1.165, 1.54) is 13.2 Å². The maximum atomic E-state index is 10.1. The van der Waals surface area contributed by atoms with Gasteiger partial charge in [0.1, 0.15) is 18.1 Å². The van der Waals surface area contributed by atoms with Crippen molar-refractivity contribution in [3.05, 3.63) is 23.8 Å². The molecule has 0 radical (unpaired) electrons. The van der Waals surface area contributed by atoms with E-state index in [0.717, 1.165) is 0 Å². The van der Waals surface area contributed by atoms with E-state index in [1.54, 1.807) is 12.1 Å². The molecule has 5 nitrogen and oxygen atoms in total. The van der Waals surface area contributed by atoms with E-state index in [0.29, 0.717) is 17.1 Å². The van der Waals surface area contributed by atoms with Gasteiger partial charge in [0.25, 0.3) is 0 Å². The van der Waals surface area contributed by atoms with Crippen molar-refractivity contribution in [2.75, 3.05) is 13.7 Å². The number of carboxylic acids is 1. The maximum Gasteiger partial charge on any atom is 0.128 e. The van der Waals surface area contributed by atoms with E-state index >= 15 is 0 Å². The predicted octanol–water partition coefficient (Wildman–Crippen LogP) is -0.684. The molecule has 0 fully saturated rings. The van der Waals surface area contributed by atoms with Crippen molar-refractivity contribution in [3.8, 4) is 11.5 Å². The molecule has 0 aliphatic heterocycles. The first-order valence-corrected chi connectivity index (χ1v) is 4.27. The second-order valence-electron chi connectivity index (χ2n) is 2.79. The minimum absolute atomic E-state index is 0.149. The van der Waals surface area contributed by atoms with E-state index in [9.17, 15) is 9.90 Å². The Morgan fingerprint density at radius 2 is 2.27 bits per heavy atom. The Morgan fingerprint density at radius 3 is 2.80 bits per heavy atom. The van der Waals surface area contributed by atoms with Crippen LogP contribution in [0.4, 0.5) is 0 Å². The molecule has 1 aromatic carbocycles. The molecule has 0 unspecified atom stereocenters. The van der Waals surface area contributed by atoms with Crippen LogP contribution in [0.1, 0.15) is 5.56 Å². The summed E-state index contributed by atoms with van der Waals surface area (Å²) < 4.78 is 9.87. The average Bonchev–Trinajstić information content (AvgIpc) is 2.25. The highest BCUT2D eigenvalue weighted by atomic mass is 16.5. The maximum absolute atomic E-state index is 10.1. The number of aliphatic hydroxyl groups excluding tert-OH is 1. The topological polar surface area (TPSA) is 78.8 Å². The smallest absolute Gasteiger partial charge is 0.128 e. The fraction of sp³-hybridized carbons (Fsp3) is 0.300. The lowest BCUT2D eigenvalue weighted by atomic mass is 10.2. The Labute approximate surface area is 86.9 Å². The van der Waals surface area contributed by atoms with Gasteiger partial charge in [0.2, 0.25) is 0 Å². The highest BCUT2D eigenvalue weighted by Crippen LogP contribution is 2.24. The number of aliphatic carboxylic acids is 1. The van der Waals surface area contributed by atoms with Gasteiger partial charge in [-0.2, -0.15) is 0 Å². The van der Waals surface area contributed by atoms with Crippen molar-refractivity contribution >= 4 is 5.97 Å². The van der Waals surface area contributed by atoms with Crippen LogP contribution in [0.25, 0.3) is 0 Å². The molecule has 15 heavy (non-hydrogen) atoms. The minimum atomic E-state index is -1.29. The monoisotopic (exact) mass is 211 g/mol. The van der Waals surface area contributed by atoms with Gasteiger partial charge in [-0.15, -0.1) is 0 Å². The highest BCUT2D eigenvalue weighted by Gasteiger charge is 2.03. The van der Waals surface area contributed by atoms with Crippen molar-refractivity contribution in [2.24, 2.45) is 0 Å². The number of carbonyl (C=O) groups is 1. The summed E-state index contributed by atoms with van der Waals surface area (Å²) in [4.78, 5) is 10.1. The Hall–Kier alpha value is -1.75. The van der Waals surface area contributed by atoms with Crippen LogP contribution in [-0.2, 0) is 11.4 Å². The van der Waals surface area contributed by atoms with Crippen LogP contribution in [0.3, 0.4) is 0 Å². The zero-order valence-corrected chi connectivity index (χ0v) is 8.23. The summed E-state index contributed by atoms with van der Waals surface area (Å²) in [5, 5.41) is 19.1. The normalized spacial score (nSPS) is 9.73. The summed E-state index contributed by atoms with van der Waals surface area (Å²) in [6.45, 7) is -0.661. The van der Waals surface area contributed by atoms with E-state index in [1.807, 2.05) is 0 Å². The number of carbonyl (C=O) groups excluding carboxylic acids is 1. The molecule has 0 amide bonds. The number of hydrogen-bond donors (Lipinski definition) is 1. The number of methoxy groups -OCH3 is 1. The summed E-state index contributed by atoms with van der Waals surface area (Å²) in [6.07, 6.45) is 0. The summed E-state index contributed by atoms with van der Waals surface area (Å²) in [5.74, 6) is -0.484. The number of aliphatic hydroxyl groups is 1. The van der Waals surface area contributed by atoms with Crippen LogP contribution in [0, 0.1) is 0 Å². The van der Waals surface area contributed by atoms with Gasteiger partial charge >= 0.3 is 0 Å². The Morgan fingerprint density at radius 1 is 1.53 bits per heavy atom. The molecule has 1 aromatic rings. The molecule has 0 heterocycles. The average molecular weight is 211 g/mol. The van der Waals surface area contributed by atoms with Gasteiger partial charge in [-0.1, -0.05) is 0 Å². The number of rotatable bonds is 5. The second kappa shape index (κ2) is 5.21. The van der Waals surface area contributed by atoms with Crippen LogP contribution in [0.5, 0.6) is 11.5 Å². The van der Waals surface area contributed by atoms with Crippen LogP contribution in [0.2, 0.25) is 0 Å². The van der Waals surface area contributed by atoms with Crippen molar-refractivity contribution in [3.63, 3.8) is 0 Å². The molecule has 0 bridgehead atoms. The van der Waals surface area contributed by atoms with E-state index < -0.39 is 12.6 Å². The number of ether oxygens (including phenoxy) is 2. The third-order valence-electron chi connectivity index (χ3n) is 1.79. The summed E-state index contributed by atoms with van der Waals surface area (Å²) in [7, 11) is 1.46. The Bertz CT molecular complexity index is 348. The zero-order chi connectivity index (χ0) is 11.3. The second-order valence-corrected chi connectivity index (χ2v) is 2.79. The van der Waals surface area contributed by atoms with Gasteiger partial charge in [0.15, 0.2) is 0 Å². The lowest BCUT2D eigenvalue weighted by Gasteiger charge is -2.10. The largest absolute Gasteiger partial charge is 0.546 e. The zero-order valence-electron chi connectivity index (χ0n) is 8.23. The fourth-order valence-electron chi connectivity index (χ4n) is 1.09. The SMILES string of the molecule is COc1cc(OCC(=O)[O-])ccc1CO. The van der Waals surface area contributed by atoms with Gasteiger partial charge in [0.05, 0.1) is 19.7 Å². The molecule has 82 valence electrons. The molecule has 0 atom stereocenters. The van der Waals surface area contributed by atoms with E-state index in [4.69, 9.17) is 14.6 Å². The Kier molecular flexibility index (Phi) is 3.93. The van der Waals surface area contributed by atoms with Crippen LogP contribution >= 0.6 is 0 Å². The molecule has 0 spiro atoms. The van der Waals surface area contributed by atoms with Crippen molar-refractivity contribution in [1.29, 1.82) is 0 Å². The Balaban J connectivity index is 2.78. The van der Waals surface area contributed by atoms with Crippen molar-refractivity contribution in [1.82, 2.24) is 0 Å². The lowest BCUT2D eigenvalue weighted by molar-refractivity contribution is -0.307. The first kappa shape index (κ1) is 11.3. The molecule has 0 saturated carbocycles. The highest BCUT2D eigenvalue weighted by molar-refractivity contribution is 5.66. The van der Waals surface area contributed by atoms with Gasteiger partial charge in [-0.25, -0.2) is 0 Å². The van der Waals surface area contributed by atoms with E-state index in [2.05, 4.69) is 0 Å². The summed E-state index contributed by atoms with van der Waals surface area (Å²) >= 11 is 0. The molecule has 1 rings (SSSR count). The van der Waals surface area contributed by atoms with Crippen LogP contribution in [0.15, 0.2) is 18.2 Å². The van der Waals surface area contributed by atoms with Crippen molar-refractivity contribution in [2.45, 2.75) is 6.61 Å². The fourth-order valence-corrected chi connectivity index (χ4v) is 1.09. The van der Waals surface area contributed by atoms with E-state index in [-0.39, 0.29) is 6.61 Å². The molecule has 0 aliphatic rings. The standard InChI is InChI=1S/C10H12O5/c1-14-9-4-8(15-6-10(12)13)3-2-7(9)5-11/h2-4,11H,5-6H2,1H3,(H,12,13)/p-1. The van der Waals surface area contributed by atoms with Gasteiger partial charge in [0, 0.05) is 11.6 Å².